The Bertz CT molecular complexity index is 650. The molecule has 1 atom stereocenters. The highest BCUT2D eigenvalue weighted by Crippen LogP contribution is 2.27. The fourth-order valence-corrected chi connectivity index (χ4v) is 4.15. The molecule has 0 radical (unpaired) electrons. The predicted octanol–water partition coefficient (Wildman–Crippen LogP) is 4.43. The Morgan fingerprint density at radius 2 is 1.96 bits per heavy atom. The molecule has 2 aromatic rings. The van der Waals surface area contributed by atoms with Gasteiger partial charge in [0.1, 0.15) is 5.75 Å². The molecule has 0 aliphatic carbocycles. The third kappa shape index (κ3) is 4.31. The predicted molar refractivity (Wildman–Crippen MR) is 105 cm³/mol. The summed E-state index contributed by atoms with van der Waals surface area (Å²) in [5.74, 6) is 0.912. The van der Waals surface area contributed by atoms with Crippen molar-refractivity contribution in [2.75, 3.05) is 31.6 Å². The molecule has 5 heteroatoms. The molecule has 1 aliphatic heterocycles. The van der Waals surface area contributed by atoms with Crippen molar-refractivity contribution >= 4 is 39.9 Å². The molecule has 1 saturated heterocycles. The van der Waals surface area contributed by atoms with E-state index < -0.39 is 0 Å². The third-order valence-corrected chi connectivity index (χ3v) is 5.43. The second kappa shape index (κ2) is 7.73. The summed E-state index contributed by atoms with van der Waals surface area (Å²) >= 11 is 8.49. The molecule has 3 rings (SSSR count). The van der Waals surface area contributed by atoms with Gasteiger partial charge in [-0.15, -0.1) is 0 Å². The van der Waals surface area contributed by atoms with Gasteiger partial charge in [0.25, 0.3) is 0 Å². The first-order valence-corrected chi connectivity index (χ1v) is 9.29. The molecule has 0 bridgehead atoms. The summed E-state index contributed by atoms with van der Waals surface area (Å²) in [5, 5.41) is 0.795. The molecule has 0 spiro atoms. The number of nitrogens with zero attached hydrogens (tertiary/aromatic N) is 2. The normalized spacial score (nSPS) is 18.9. The van der Waals surface area contributed by atoms with E-state index in [9.17, 15) is 0 Å². The lowest BCUT2D eigenvalue weighted by Gasteiger charge is -2.40. The molecule has 1 fully saturated rings. The number of hydrogen-bond donors (Lipinski definition) is 0. The molecule has 23 heavy (non-hydrogen) atoms. The zero-order chi connectivity index (χ0) is 16.2. The quantitative estimate of drug-likeness (QED) is 0.396. The Labute approximate surface area is 156 Å². The van der Waals surface area contributed by atoms with E-state index in [-0.39, 0.29) is 0 Å². The fraction of sp³-hybridized carbons (Fsp3) is 0.333. The molecule has 0 aromatic heterocycles. The van der Waals surface area contributed by atoms with E-state index in [0.717, 1.165) is 37.0 Å². The van der Waals surface area contributed by atoms with Crippen molar-refractivity contribution < 1.29 is 4.74 Å². The van der Waals surface area contributed by atoms with Crippen molar-refractivity contribution in [3.05, 3.63) is 59.1 Å². The first-order chi connectivity index (χ1) is 11.2. The van der Waals surface area contributed by atoms with Crippen molar-refractivity contribution in [2.24, 2.45) is 0 Å². The van der Waals surface area contributed by atoms with E-state index in [1.54, 1.807) is 7.11 Å². The maximum absolute atomic E-state index is 5.96. The van der Waals surface area contributed by atoms with Crippen LogP contribution in [0.25, 0.3) is 0 Å². The number of halogens is 2. The molecule has 0 amide bonds. The summed E-state index contributed by atoms with van der Waals surface area (Å²) < 4.78 is 5.79. The van der Waals surface area contributed by atoms with Crippen LogP contribution >= 0.6 is 34.2 Å². The van der Waals surface area contributed by atoms with Crippen LogP contribution in [0.1, 0.15) is 5.56 Å². The summed E-state index contributed by atoms with van der Waals surface area (Å²) in [5.41, 5.74) is 2.54. The largest absolute Gasteiger partial charge is 0.497 e. The minimum absolute atomic E-state index is 0.445. The Hall–Kier alpha value is -0.980. The number of hydrogen-bond acceptors (Lipinski definition) is 3. The van der Waals surface area contributed by atoms with Gasteiger partial charge in [-0.2, -0.15) is 0 Å². The highest BCUT2D eigenvalue weighted by molar-refractivity contribution is 14.1. The Kier molecular flexibility index (Phi) is 5.67. The minimum Gasteiger partial charge on any atom is -0.497 e. The number of piperazine rings is 1. The van der Waals surface area contributed by atoms with E-state index in [4.69, 9.17) is 16.3 Å². The zero-order valence-electron chi connectivity index (χ0n) is 13.1. The first-order valence-electron chi connectivity index (χ1n) is 7.67. The van der Waals surface area contributed by atoms with Gasteiger partial charge in [0.15, 0.2) is 0 Å². The maximum atomic E-state index is 5.96. The average molecular weight is 443 g/mol. The fourth-order valence-electron chi connectivity index (χ4n) is 2.86. The molecular weight excluding hydrogens is 423 g/mol. The summed E-state index contributed by atoms with van der Waals surface area (Å²) in [7, 11) is 1.71. The van der Waals surface area contributed by atoms with E-state index in [0.29, 0.717) is 4.05 Å². The van der Waals surface area contributed by atoms with Crippen molar-refractivity contribution in [2.45, 2.75) is 10.6 Å². The first kappa shape index (κ1) is 16.9. The number of rotatable bonds is 4. The smallest absolute Gasteiger partial charge is 0.120 e. The molecule has 2 aromatic carbocycles. The van der Waals surface area contributed by atoms with Gasteiger partial charge >= 0.3 is 0 Å². The van der Waals surface area contributed by atoms with E-state index >= 15 is 0 Å². The lowest BCUT2D eigenvalue weighted by Crippen LogP contribution is -2.50. The second-order valence-electron chi connectivity index (χ2n) is 5.69. The molecule has 0 N–H and O–H groups in total. The Morgan fingerprint density at radius 1 is 1.17 bits per heavy atom. The molecule has 1 unspecified atom stereocenters. The maximum Gasteiger partial charge on any atom is 0.120 e. The number of anilines is 1. The lowest BCUT2D eigenvalue weighted by molar-refractivity contribution is 0.245. The molecule has 0 saturated carbocycles. The molecule has 122 valence electrons. The van der Waals surface area contributed by atoms with Crippen LogP contribution in [-0.4, -0.2) is 35.7 Å². The Balaban J connectivity index is 1.63. The van der Waals surface area contributed by atoms with Gasteiger partial charge in [-0.05, 0) is 29.8 Å². The van der Waals surface area contributed by atoms with Gasteiger partial charge in [0, 0.05) is 43.0 Å². The molecular formula is C18H20ClIN2O. The SMILES string of the molecule is COc1cccc(N2CCN(Cc3ccc(Cl)cc3)CC2I)c1. The second-order valence-corrected chi connectivity index (χ2v) is 7.57. The van der Waals surface area contributed by atoms with E-state index in [1.807, 2.05) is 18.2 Å². The summed E-state index contributed by atoms with van der Waals surface area (Å²) in [6, 6.07) is 16.5. The standard InChI is InChI=1S/C18H20ClIN2O/c1-23-17-4-2-3-16(11-17)22-10-9-21(13-18(22)20)12-14-5-7-15(19)8-6-14/h2-8,11,18H,9-10,12-13H2,1H3. The van der Waals surface area contributed by atoms with Gasteiger partial charge in [0.2, 0.25) is 0 Å². The van der Waals surface area contributed by atoms with Crippen molar-refractivity contribution in [3.8, 4) is 5.75 Å². The third-order valence-electron chi connectivity index (χ3n) is 4.11. The molecule has 3 nitrogen and oxygen atoms in total. The van der Waals surface area contributed by atoms with Crippen LogP contribution < -0.4 is 9.64 Å². The van der Waals surface area contributed by atoms with Gasteiger partial charge < -0.3 is 9.64 Å². The highest BCUT2D eigenvalue weighted by Gasteiger charge is 2.25. The van der Waals surface area contributed by atoms with Crippen LogP contribution in [0.5, 0.6) is 5.75 Å². The average Bonchev–Trinajstić information content (AvgIpc) is 2.57. The van der Waals surface area contributed by atoms with Gasteiger partial charge in [-0.1, -0.05) is 52.4 Å². The van der Waals surface area contributed by atoms with Crippen LogP contribution in [0.3, 0.4) is 0 Å². The molecule has 1 aliphatic rings. The number of methoxy groups -OCH3 is 1. The minimum atomic E-state index is 0.445. The van der Waals surface area contributed by atoms with Gasteiger partial charge in [-0.25, -0.2) is 0 Å². The van der Waals surface area contributed by atoms with Crippen LogP contribution in [0.15, 0.2) is 48.5 Å². The highest BCUT2D eigenvalue weighted by atomic mass is 127. The monoisotopic (exact) mass is 442 g/mol. The van der Waals surface area contributed by atoms with Crippen LogP contribution in [-0.2, 0) is 6.54 Å². The van der Waals surface area contributed by atoms with Crippen LogP contribution in [0.4, 0.5) is 5.69 Å². The topological polar surface area (TPSA) is 15.7 Å². The van der Waals surface area contributed by atoms with Crippen molar-refractivity contribution in [1.82, 2.24) is 4.90 Å². The lowest BCUT2D eigenvalue weighted by atomic mass is 10.2. The summed E-state index contributed by atoms with van der Waals surface area (Å²) in [4.78, 5) is 4.94. The summed E-state index contributed by atoms with van der Waals surface area (Å²) in [6.07, 6.45) is 0. The zero-order valence-corrected chi connectivity index (χ0v) is 16.0. The van der Waals surface area contributed by atoms with Crippen molar-refractivity contribution in [3.63, 3.8) is 0 Å². The molecule has 1 heterocycles. The number of alkyl halides is 1. The number of ether oxygens (including phenoxy) is 1. The van der Waals surface area contributed by atoms with Crippen LogP contribution in [0.2, 0.25) is 5.02 Å². The van der Waals surface area contributed by atoms with Crippen LogP contribution in [0, 0.1) is 0 Å². The number of benzene rings is 2. The van der Waals surface area contributed by atoms with E-state index in [1.165, 1.54) is 11.3 Å². The van der Waals surface area contributed by atoms with Gasteiger partial charge in [0.05, 0.1) is 11.2 Å². The van der Waals surface area contributed by atoms with Gasteiger partial charge in [-0.3, -0.25) is 4.90 Å². The summed E-state index contributed by atoms with van der Waals surface area (Å²) in [6.45, 7) is 4.09. The Morgan fingerprint density at radius 3 is 2.65 bits per heavy atom. The van der Waals surface area contributed by atoms with E-state index in [2.05, 4.69) is 62.7 Å². The van der Waals surface area contributed by atoms with Crippen molar-refractivity contribution in [1.29, 1.82) is 0 Å².